The van der Waals surface area contributed by atoms with E-state index in [9.17, 15) is 0 Å². The van der Waals surface area contributed by atoms with Gasteiger partial charge in [-0.25, -0.2) is 4.98 Å². The van der Waals surface area contributed by atoms with Crippen LogP contribution in [0.3, 0.4) is 0 Å². The smallest absolute Gasteiger partial charge is 0.145 e. The van der Waals surface area contributed by atoms with Crippen molar-refractivity contribution < 1.29 is 4.74 Å². The second-order valence-corrected chi connectivity index (χ2v) is 3.08. The van der Waals surface area contributed by atoms with Gasteiger partial charge in [0.1, 0.15) is 23.0 Å². The first-order chi connectivity index (χ1) is 7.75. The Labute approximate surface area is 92.4 Å². The first kappa shape index (κ1) is 10.1. The number of hydrogen-bond donors (Lipinski definition) is 2. The van der Waals surface area contributed by atoms with Crippen LogP contribution in [0.2, 0.25) is 0 Å². The molecule has 0 aliphatic carbocycles. The van der Waals surface area contributed by atoms with Crippen LogP contribution in [-0.4, -0.2) is 15.8 Å². The van der Waals surface area contributed by atoms with Crippen LogP contribution in [0.4, 0.5) is 0 Å². The molecular formula is C11H10N4O. The number of nitrogens with zero attached hydrogens (tertiary/aromatic N) is 2. The summed E-state index contributed by atoms with van der Waals surface area (Å²) in [7, 11) is 0. The van der Waals surface area contributed by atoms with E-state index in [1.165, 1.54) is 6.20 Å². The molecule has 80 valence electrons. The molecule has 2 heterocycles. The van der Waals surface area contributed by atoms with E-state index in [0.29, 0.717) is 17.2 Å². The molecule has 0 atom stereocenters. The zero-order chi connectivity index (χ0) is 11.4. The van der Waals surface area contributed by atoms with E-state index >= 15 is 0 Å². The van der Waals surface area contributed by atoms with Crippen LogP contribution in [-0.2, 0) is 0 Å². The molecule has 0 amide bonds. The van der Waals surface area contributed by atoms with E-state index < -0.39 is 0 Å². The summed E-state index contributed by atoms with van der Waals surface area (Å²) in [6.45, 7) is 0. The lowest BCUT2D eigenvalue weighted by atomic mass is 10.3. The molecule has 2 rings (SSSR count). The van der Waals surface area contributed by atoms with Crippen LogP contribution in [0, 0.1) is 5.41 Å². The molecular weight excluding hydrogens is 204 g/mol. The Morgan fingerprint density at radius 2 is 2.00 bits per heavy atom. The van der Waals surface area contributed by atoms with Gasteiger partial charge in [-0.3, -0.25) is 10.4 Å². The van der Waals surface area contributed by atoms with Crippen LogP contribution in [0.15, 0.2) is 42.9 Å². The van der Waals surface area contributed by atoms with Gasteiger partial charge in [0, 0.05) is 6.20 Å². The molecule has 0 fully saturated rings. The monoisotopic (exact) mass is 214 g/mol. The number of nitrogen functional groups attached to an aromatic ring is 1. The van der Waals surface area contributed by atoms with E-state index in [-0.39, 0.29) is 5.84 Å². The zero-order valence-corrected chi connectivity index (χ0v) is 8.42. The second-order valence-electron chi connectivity index (χ2n) is 3.08. The topological polar surface area (TPSA) is 84.9 Å². The summed E-state index contributed by atoms with van der Waals surface area (Å²) < 4.78 is 5.48. The minimum atomic E-state index is -0.0621. The quantitative estimate of drug-likeness (QED) is 0.599. The van der Waals surface area contributed by atoms with E-state index in [1.54, 1.807) is 36.7 Å². The van der Waals surface area contributed by atoms with Crippen molar-refractivity contribution in [3.63, 3.8) is 0 Å². The number of aromatic nitrogens is 2. The second kappa shape index (κ2) is 4.39. The van der Waals surface area contributed by atoms with E-state index in [2.05, 4.69) is 9.97 Å². The SMILES string of the molecule is N=C(N)c1ccc(Oc2cccnc2)cn1. The number of nitrogens with one attached hydrogen (secondary N) is 1. The Morgan fingerprint density at radius 1 is 1.19 bits per heavy atom. The predicted molar refractivity (Wildman–Crippen MR) is 59.6 cm³/mol. The molecule has 0 aromatic carbocycles. The minimum Gasteiger partial charge on any atom is -0.454 e. The lowest BCUT2D eigenvalue weighted by Crippen LogP contribution is -2.12. The molecule has 0 saturated carbocycles. The average molecular weight is 214 g/mol. The fourth-order valence-electron chi connectivity index (χ4n) is 1.14. The first-order valence-corrected chi connectivity index (χ1v) is 4.64. The van der Waals surface area contributed by atoms with Crippen molar-refractivity contribution in [3.8, 4) is 11.5 Å². The van der Waals surface area contributed by atoms with Gasteiger partial charge in [0.05, 0.1) is 12.4 Å². The molecule has 0 radical (unpaired) electrons. The molecule has 0 aliphatic heterocycles. The summed E-state index contributed by atoms with van der Waals surface area (Å²) in [5, 5.41) is 7.19. The van der Waals surface area contributed by atoms with Crippen molar-refractivity contribution in [2.75, 3.05) is 0 Å². The molecule has 0 unspecified atom stereocenters. The fraction of sp³-hybridized carbons (Fsp3) is 0. The van der Waals surface area contributed by atoms with Gasteiger partial charge >= 0.3 is 0 Å². The summed E-state index contributed by atoms with van der Waals surface area (Å²) in [5.41, 5.74) is 5.72. The summed E-state index contributed by atoms with van der Waals surface area (Å²) in [6.07, 6.45) is 4.80. The van der Waals surface area contributed by atoms with Gasteiger partial charge in [-0.05, 0) is 24.3 Å². The Balaban J connectivity index is 2.14. The minimum absolute atomic E-state index is 0.0621. The van der Waals surface area contributed by atoms with Gasteiger partial charge in [0.2, 0.25) is 0 Å². The third-order valence-electron chi connectivity index (χ3n) is 1.88. The molecule has 3 N–H and O–H groups in total. The van der Waals surface area contributed by atoms with E-state index in [1.807, 2.05) is 0 Å². The number of ether oxygens (including phenoxy) is 1. The maximum Gasteiger partial charge on any atom is 0.145 e. The summed E-state index contributed by atoms with van der Waals surface area (Å²) in [4.78, 5) is 7.91. The highest BCUT2D eigenvalue weighted by Crippen LogP contribution is 2.18. The first-order valence-electron chi connectivity index (χ1n) is 4.64. The maximum atomic E-state index is 7.19. The Bertz CT molecular complexity index is 481. The number of nitrogens with two attached hydrogens (primary N) is 1. The zero-order valence-electron chi connectivity index (χ0n) is 8.42. The Kier molecular flexibility index (Phi) is 2.77. The molecule has 0 aliphatic rings. The predicted octanol–water partition coefficient (Wildman–Crippen LogP) is 1.55. The van der Waals surface area contributed by atoms with Gasteiger partial charge < -0.3 is 10.5 Å². The van der Waals surface area contributed by atoms with Crippen LogP contribution in [0.5, 0.6) is 11.5 Å². The van der Waals surface area contributed by atoms with Gasteiger partial charge in [-0.1, -0.05) is 0 Å². The van der Waals surface area contributed by atoms with Crippen molar-refractivity contribution in [2.45, 2.75) is 0 Å². The lowest BCUT2D eigenvalue weighted by molar-refractivity contribution is 0.478. The molecule has 2 aromatic heterocycles. The molecule has 5 heteroatoms. The standard InChI is InChI=1S/C11H10N4O/c12-11(13)10-4-3-9(7-15-10)16-8-2-1-5-14-6-8/h1-7H,(H3,12,13). The normalized spacial score (nSPS) is 9.75. The van der Waals surface area contributed by atoms with Crippen molar-refractivity contribution in [1.29, 1.82) is 5.41 Å². The van der Waals surface area contributed by atoms with Crippen LogP contribution in [0.1, 0.15) is 5.69 Å². The van der Waals surface area contributed by atoms with E-state index in [0.717, 1.165) is 0 Å². The molecule has 2 aromatic rings. The number of pyridine rings is 2. The van der Waals surface area contributed by atoms with Gasteiger partial charge in [-0.15, -0.1) is 0 Å². The molecule has 0 spiro atoms. The molecule has 0 saturated heterocycles. The van der Waals surface area contributed by atoms with Gasteiger partial charge in [0.15, 0.2) is 0 Å². The van der Waals surface area contributed by atoms with Gasteiger partial charge in [0.25, 0.3) is 0 Å². The van der Waals surface area contributed by atoms with Crippen LogP contribution in [0.25, 0.3) is 0 Å². The highest BCUT2D eigenvalue weighted by Gasteiger charge is 2.00. The largest absolute Gasteiger partial charge is 0.454 e. The van der Waals surface area contributed by atoms with Crippen LogP contribution >= 0.6 is 0 Å². The van der Waals surface area contributed by atoms with Crippen molar-refractivity contribution in [2.24, 2.45) is 5.73 Å². The van der Waals surface area contributed by atoms with E-state index in [4.69, 9.17) is 15.9 Å². The van der Waals surface area contributed by atoms with Gasteiger partial charge in [-0.2, -0.15) is 0 Å². The summed E-state index contributed by atoms with van der Waals surface area (Å²) in [6, 6.07) is 6.92. The Hall–Kier alpha value is -2.43. The number of hydrogen-bond acceptors (Lipinski definition) is 4. The van der Waals surface area contributed by atoms with Crippen molar-refractivity contribution >= 4 is 5.84 Å². The van der Waals surface area contributed by atoms with Crippen molar-refractivity contribution in [1.82, 2.24) is 9.97 Å². The highest BCUT2D eigenvalue weighted by atomic mass is 16.5. The molecule has 16 heavy (non-hydrogen) atoms. The fourth-order valence-corrected chi connectivity index (χ4v) is 1.14. The Morgan fingerprint density at radius 3 is 2.56 bits per heavy atom. The summed E-state index contributed by atoms with van der Waals surface area (Å²) in [5.74, 6) is 1.16. The number of amidine groups is 1. The third-order valence-corrected chi connectivity index (χ3v) is 1.88. The average Bonchev–Trinajstić information content (AvgIpc) is 2.31. The lowest BCUT2D eigenvalue weighted by Gasteiger charge is -2.04. The maximum absolute atomic E-state index is 7.19. The summed E-state index contributed by atoms with van der Waals surface area (Å²) >= 11 is 0. The van der Waals surface area contributed by atoms with Crippen LogP contribution < -0.4 is 10.5 Å². The molecule has 5 nitrogen and oxygen atoms in total. The van der Waals surface area contributed by atoms with Crippen molar-refractivity contribution in [3.05, 3.63) is 48.5 Å². The number of rotatable bonds is 3. The molecule has 0 bridgehead atoms. The third kappa shape index (κ3) is 2.33. The highest BCUT2D eigenvalue weighted by molar-refractivity contribution is 5.92.